The molecule has 0 aliphatic heterocycles. The van der Waals surface area contributed by atoms with Crippen LogP contribution in [0.1, 0.15) is 22.3 Å². The lowest BCUT2D eigenvalue weighted by Crippen LogP contribution is -2.25. The van der Waals surface area contributed by atoms with Gasteiger partial charge in [-0.2, -0.15) is 0 Å². The summed E-state index contributed by atoms with van der Waals surface area (Å²) >= 11 is 0. The largest absolute Gasteiger partial charge is 0.309 e. The van der Waals surface area contributed by atoms with Gasteiger partial charge in [0.1, 0.15) is 0 Å². The van der Waals surface area contributed by atoms with Gasteiger partial charge in [-0.3, -0.25) is 0 Å². The second kappa shape index (κ2) is 10.3. The molecule has 0 radical (unpaired) electrons. The number of rotatable bonds is 3. The van der Waals surface area contributed by atoms with E-state index in [9.17, 15) is 0 Å². The third kappa shape index (κ3) is 3.61. The first-order chi connectivity index (χ1) is 24.8. The van der Waals surface area contributed by atoms with Crippen LogP contribution in [0.4, 0.5) is 0 Å². The van der Waals surface area contributed by atoms with Gasteiger partial charge in [0.05, 0.1) is 16.4 Å². The summed E-state index contributed by atoms with van der Waals surface area (Å²) in [6.07, 6.45) is 0. The fourth-order valence-corrected chi connectivity index (χ4v) is 9.15. The molecule has 50 heavy (non-hydrogen) atoms. The van der Waals surface area contributed by atoms with Crippen LogP contribution in [0.15, 0.2) is 188 Å². The first-order valence-electron chi connectivity index (χ1n) is 17.4. The van der Waals surface area contributed by atoms with E-state index in [0.717, 1.165) is 0 Å². The molecule has 0 unspecified atom stereocenters. The molecule has 0 saturated heterocycles. The Bertz CT molecular complexity index is 2660. The minimum absolute atomic E-state index is 0.340. The Hall–Kier alpha value is -6.44. The second-order valence-corrected chi connectivity index (χ2v) is 13.6. The van der Waals surface area contributed by atoms with Gasteiger partial charge >= 0.3 is 0 Å². The van der Waals surface area contributed by atoms with Crippen LogP contribution in [0.2, 0.25) is 0 Å². The number of fused-ring (bicyclic) bond motifs is 13. The van der Waals surface area contributed by atoms with Gasteiger partial charge in [-0.1, -0.05) is 152 Å². The Labute approximate surface area is 291 Å². The predicted octanol–water partition coefficient (Wildman–Crippen LogP) is 12.5. The van der Waals surface area contributed by atoms with Crippen LogP contribution in [-0.2, 0) is 5.41 Å². The Morgan fingerprint density at radius 3 is 1.22 bits per heavy atom. The highest BCUT2D eigenvalue weighted by Crippen LogP contribution is 2.62. The van der Waals surface area contributed by atoms with Crippen molar-refractivity contribution in [2.75, 3.05) is 0 Å². The molecule has 1 spiro atoms. The number of aromatic nitrogens is 1. The van der Waals surface area contributed by atoms with Gasteiger partial charge in [0, 0.05) is 16.5 Å². The van der Waals surface area contributed by atoms with Gasteiger partial charge in [0.15, 0.2) is 0 Å². The molecule has 232 valence electrons. The fourth-order valence-electron chi connectivity index (χ4n) is 9.15. The van der Waals surface area contributed by atoms with E-state index < -0.39 is 0 Å². The molecular formula is C49H31N. The topological polar surface area (TPSA) is 4.93 Å². The van der Waals surface area contributed by atoms with Crippen molar-refractivity contribution in [2.24, 2.45) is 0 Å². The lowest BCUT2D eigenvalue weighted by atomic mass is 9.70. The van der Waals surface area contributed by atoms with Gasteiger partial charge in [-0.15, -0.1) is 0 Å². The van der Waals surface area contributed by atoms with Crippen LogP contribution in [0, 0.1) is 0 Å². The highest BCUT2D eigenvalue weighted by molar-refractivity contribution is 6.12. The van der Waals surface area contributed by atoms with Gasteiger partial charge in [0.2, 0.25) is 0 Å². The molecule has 1 aromatic heterocycles. The summed E-state index contributed by atoms with van der Waals surface area (Å²) in [7, 11) is 0. The Balaban J connectivity index is 1.18. The second-order valence-electron chi connectivity index (χ2n) is 13.6. The minimum atomic E-state index is -0.340. The number of nitrogens with zero attached hydrogens (tertiary/aromatic N) is 1. The average molecular weight is 634 g/mol. The average Bonchev–Trinajstić information content (AvgIpc) is 3.79. The molecule has 1 heterocycles. The molecule has 11 rings (SSSR count). The van der Waals surface area contributed by atoms with E-state index in [1.54, 1.807) is 0 Å². The molecule has 0 amide bonds. The van der Waals surface area contributed by atoms with Crippen molar-refractivity contribution in [3.05, 3.63) is 210 Å². The molecule has 0 fully saturated rings. The van der Waals surface area contributed by atoms with Crippen molar-refractivity contribution >= 4 is 21.8 Å². The molecule has 8 aromatic carbocycles. The smallest absolute Gasteiger partial charge is 0.0725 e. The monoisotopic (exact) mass is 633 g/mol. The van der Waals surface area contributed by atoms with Crippen LogP contribution in [0.3, 0.4) is 0 Å². The van der Waals surface area contributed by atoms with E-state index >= 15 is 0 Å². The summed E-state index contributed by atoms with van der Waals surface area (Å²) in [5.41, 5.74) is 18.9. The van der Waals surface area contributed by atoms with Crippen LogP contribution < -0.4 is 0 Å². The molecule has 1 heteroatoms. The predicted molar refractivity (Wildman–Crippen MR) is 208 cm³/mol. The summed E-state index contributed by atoms with van der Waals surface area (Å²) in [6, 6.07) is 69.7. The first-order valence-corrected chi connectivity index (χ1v) is 17.4. The maximum atomic E-state index is 2.47. The maximum Gasteiger partial charge on any atom is 0.0725 e. The molecule has 0 N–H and O–H groups in total. The zero-order valence-corrected chi connectivity index (χ0v) is 27.3. The number of benzene rings is 8. The van der Waals surface area contributed by atoms with Crippen molar-refractivity contribution in [3.8, 4) is 50.2 Å². The summed E-state index contributed by atoms with van der Waals surface area (Å²) in [5.74, 6) is 0. The summed E-state index contributed by atoms with van der Waals surface area (Å²) in [5, 5.41) is 2.52. The number of hydrogen-bond donors (Lipinski definition) is 0. The molecule has 2 aliphatic carbocycles. The van der Waals surface area contributed by atoms with Crippen molar-refractivity contribution in [1.82, 2.24) is 4.57 Å². The van der Waals surface area contributed by atoms with E-state index in [0.29, 0.717) is 0 Å². The summed E-state index contributed by atoms with van der Waals surface area (Å²) in [4.78, 5) is 0. The normalized spacial score (nSPS) is 13.4. The molecular weight excluding hydrogens is 603 g/mol. The van der Waals surface area contributed by atoms with Gasteiger partial charge in [0.25, 0.3) is 0 Å². The minimum Gasteiger partial charge on any atom is -0.309 e. The van der Waals surface area contributed by atoms with E-state index in [1.807, 2.05) is 0 Å². The zero-order chi connectivity index (χ0) is 32.8. The van der Waals surface area contributed by atoms with Crippen molar-refractivity contribution in [3.63, 3.8) is 0 Å². The zero-order valence-electron chi connectivity index (χ0n) is 27.3. The molecule has 0 bridgehead atoms. The Morgan fingerprint density at radius 1 is 0.300 bits per heavy atom. The van der Waals surface area contributed by atoms with Crippen LogP contribution in [0.25, 0.3) is 72.0 Å². The maximum absolute atomic E-state index is 2.47. The van der Waals surface area contributed by atoms with Crippen molar-refractivity contribution in [2.45, 2.75) is 5.41 Å². The van der Waals surface area contributed by atoms with Crippen LogP contribution in [0.5, 0.6) is 0 Å². The third-order valence-corrected chi connectivity index (χ3v) is 11.2. The summed E-state index contributed by atoms with van der Waals surface area (Å²) in [6.45, 7) is 0. The molecule has 0 atom stereocenters. The molecule has 0 saturated carbocycles. The van der Waals surface area contributed by atoms with Crippen LogP contribution in [-0.4, -0.2) is 4.57 Å². The fraction of sp³-hybridized carbons (Fsp3) is 0.0204. The quantitative estimate of drug-likeness (QED) is 0.182. The lowest BCUT2D eigenvalue weighted by molar-refractivity contribution is 0.793. The lowest BCUT2D eigenvalue weighted by Gasteiger charge is -2.30. The highest BCUT2D eigenvalue weighted by atomic mass is 15.0. The number of hydrogen-bond acceptors (Lipinski definition) is 0. The highest BCUT2D eigenvalue weighted by Gasteiger charge is 2.51. The molecule has 2 aliphatic rings. The van der Waals surface area contributed by atoms with Crippen molar-refractivity contribution in [1.29, 1.82) is 0 Å². The third-order valence-electron chi connectivity index (χ3n) is 11.2. The first kappa shape index (κ1) is 27.5. The summed E-state index contributed by atoms with van der Waals surface area (Å²) < 4.78 is 2.47. The van der Waals surface area contributed by atoms with E-state index in [-0.39, 0.29) is 5.41 Å². The Morgan fingerprint density at radius 2 is 0.720 bits per heavy atom. The SMILES string of the molecule is c1ccc(-c2ccc3c(c2)c2cc(-c4ccccc4)ccc2n3-c2ccc3c(c2)-c2ccccc2C32c3ccccc3-c3ccccc32)cc1. The molecule has 1 nitrogen and oxygen atoms in total. The van der Waals surface area contributed by atoms with E-state index in [2.05, 4.69) is 193 Å². The Kier molecular flexibility index (Phi) is 5.66. The van der Waals surface area contributed by atoms with E-state index in [4.69, 9.17) is 0 Å². The van der Waals surface area contributed by atoms with Crippen molar-refractivity contribution < 1.29 is 0 Å². The molecule has 9 aromatic rings. The standard InChI is InChI=1S/C49H31N/c1-3-13-32(14-4-1)34-23-27-47-41(29-34)42-30-35(33-15-5-2-6-16-33)24-28-48(42)50(47)36-25-26-46-40(31-36)39-19-9-12-22-45(39)49(46)43-20-10-7-17-37(43)38-18-8-11-21-44(38)49/h1-31H. The van der Waals surface area contributed by atoms with Gasteiger partial charge in [-0.05, 0) is 103 Å². The van der Waals surface area contributed by atoms with E-state index in [1.165, 1.54) is 94.3 Å². The van der Waals surface area contributed by atoms with Gasteiger partial charge in [-0.25, -0.2) is 0 Å². The van der Waals surface area contributed by atoms with Crippen LogP contribution >= 0.6 is 0 Å². The van der Waals surface area contributed by atoms with Gasteiger partial charge < -0.3 is 4.57 Å².